The molecule has 3 nitrogen and oxygen atoms in total. The molecule has 0 unspecified atom stereocenters. The van der Waals surface area contributed by atoms with Gasteiger partial charge in [0.2, 0.25) is 0 Å². The lowest BCUT2D eigenvalue weighted by Crippen LogP contribution is -2.28. The third kappa shape index (κ3) is 2.90. The number of hydrogen-bond donors (Lipinski definition) is 1. The summed E-state index contributed by atoms with van der Waals surface area (Å²) in [6.07, 6.45) is 6.70. The predicted molar refractivity (Wildman–Crippen MR) is 72.4 cm³/mol. The molecule has 0 spiro atoms. The highest BCUT2D eigenvalue weighted by Crippen LogP contribution is 2.35. The maximum atomic E-state index is 6.37. The SMILES string of the molecule is CCCCN(c1nccc(CN)c1Cl)C1CC1. The summed E-state index contributed by atoms with van der Waals surface area (Å²) >= 11 is 6.37. The number of aromatic nitrogens is 1. The van der Waals surface area contributed by atoms with Gasteiger partial charge in [-0.1, -0.05) is 24.9 Å². The van der Waals surface area contributed by atoms with Gasteiger partial charge in [-0.3, -0.25) is 0 Å². The van der Waals surface area contributed by atoms with Crippen LogP contribution >= 0.6 is 11.6 Å². The molecule has 1 aromatic rings. The molecule has 1 aromatic heterocycles. The fraction of sp³-hybridized carbons (Fsp3) is 0.615. The average molecular weight is 254 g/mol. The summed E-state index contributed by atoms with van der Waals surface area (Å²) in [5, 5.41) is 0.734. The van der Waals surface area contributed by atoms with Crippen LogP contribution in [-0.4, -0.2) is 17.6 Å². The van der Waals surface area contributed by atoms with Crippen molar-refractivity contribution in [2.45, 2.75) is 45.2 Å². The summed E-state index contributed by atoms with van der Waals surface area (Å²) in [6, 6.07) is 2.54. The normalized spacial score (nSPS) is 15.0. The van der Waals surface area contributed by atoms with E-state index in [0.29, 0.717) is 12.6 Å². The number of anilines is 1. The summed E-state index contributed by atoms with van der Waals surface area (Å²) in [7, 11) is 0. The Balaban J connectivity index is 2.22. The van der Waals surface area contributed by atoms with Crippen molar-refractivity contribution in [3.63, 3.8) is 0 Å². The number of nitrogens with two attached hydrogens (primary N) is 1. The van der Waals surface area contributed by atoms with Gasteiger partial charge in [0.15, 0.2) is 0 Å². The zero-order chi connectivity index (χ0) is 12.3. The number of rotatable bonds is 6. The smallest absolute Gasteiger partial charge is 0.147 e. The minimum atomic E-state index is 0.473. The van der Waals surface area contributed by atoms with E-state index in [4.69, 9.17) is 17.3 Å². The van der Waals surface area contributed by atoms with Crippen LogP contribution in [0, 0.1) is 0 Å². The van der Waals surface area contributed by atoms with Gasteiger partial charge in [-0.15, -0.1) is 0 Å². The number of halogens is 1. The quantitative estimate of drug-likeness (QED) is 0.848. The Hall–Kier alpha value is -0.800. The summed E-state index contributed by atoms with van der Waals surface area (Å²) in [4.78, 5) is 6.79. The molecule has 1 aliphatic carbocycles. The Morgan fingerprint density at radius 3 is 2.88 bits per heavy atom. The van der Waals surface area contributed by atoms with E-state index < -0.39 is 0 Å². The molecule has 0 saturated heterocycles. The van der Waals surface area contributed by atoms with E-state index in [1.54, 1.807) is 0 Å². The number of hydrogen-bond acceptors (Lipinski definition) is 3. The summed E-state index contributed by atoms with van der Waals surface area (Å²) in [5.74, 6) is 0.922. The van der Waals surface area contributed by atoms with E-state index in [-0.39, 0.29) is 0 Å². The number of unbranched alkanes of at least 4 members (excludes halogenated alkanes) is 1. The van der Waals surface area contributed by atoms with E-state index in [1.165, 1.54) is 25.7 Å². The van der Waals surface area contributed by atoms with Crippen molar-refractivity contribution in [2.75, 3.05) is 11.4 Å². The van der Waals surface area contributed by atoms with Crippen molar-refractivity contribution >= 4 is 17.4 Å². The van der Waals surface area contributed by atoms with Crippen LogP contribution in [-0.2, 0) is 6.54 Å². The standard InChI is InChI=1S/C13H20ClN3/c1-2-3-8-17(11-4-5-11)13-12(14)10(9-15)6-7-16-13/h6-7,11H,2-5,8-9,15H2,1H3. The third-order valence-electron chi connectivity index (χ3n) is 3.18. The Morgan fingerprint density at radius 2 is 2.29 bits per heavy atom. The van der Waals surface area contributed by atoms with Gasteiger partial charge in [0.25, 0.3) is 0 Å². The van der Waals surface area contributed by atoms with Gasteiger partial charge in [0.1, 0.15) is 5.82 Å². The molecular weight excluding hydrogens is 234 g/mol. The second kappa shape index (κ2) is 5.69. The second-order valence-electron chi connectivity index (χ2n) is 4.59. The van der Waals surface area contributed by atoms with E-state index in [1.807, 2.05) is 12.3 Å². The van der Waals surface area contributed by atoms with Gasteiger partial charge in [-0.25, -0.2) is 4.98 Å². The van der Waals surface area contributed by atoms with Crippen molar-refractivity contribution in [1.29, 1.82) is 0 Å². The first-order valence-electron chi connectivity index (χ1n) is 6.38. The molecule has 2 rings (SSSR count). The molecule has 1 saturated carbocycles. The minimum absolute atomic E-state index is 0.473. The van der Waals surface area contributed by atoms with E-state index >= 15 is 0 Å². The molecule has 94 valence electrons. The lowest BCUT2D eigenvalue weighted by molar-refractivity contribution is 0.704. The van der Waals surface area contributed by atoms with Gasteiger partial charge in [-0.05, 0) is 30.9 Å². The molecule has 1 aliphatic rings. The van der Waals surface area contributed by atoms with E-state index in [2.05, 4.69) is 16.8 Å². The average Bonchev–Trinajstić information content (AvgIpc) is 3.16. The fourth-order valence-corrected chi connectivity index (χ4v) is 2.30. The Bertz CT molecular complexity index is 377. The summed E-state index contributed by atoms with van der Waals surface area (Å²) < 4.78 is 0. The van der Waals surface area contributed by atoms with Crippen molar-refractivity contribution in [3.05, 3.63) is 22.8 Å². The van der Waals surface area contributed by atoms with Crippen LogP contribution in [0.1, 0.15) is 38.2 Å². The fourth-order valence-electron chi connectivity index (χ4n) is 2.01. The molecule has 0 atom stereocenters. The molecule has 0 aromatic carbocycles. The maximum Gasteiger partial charge on any atom is 0.147 e. The lowest BCUT2D eigenvalue weighted by atomic mass is 10.2. The second-order valence-corrected chi connectivity index (χ2v) is 4.97. The number of nitrogens with zero attached hydrogens (tertiary/aromatic N) is 2. The molecule has 1 heterocycles. The minimum Gasteiger partial charge on any atom is -0.352 e. The first-order chi connectivity index (χ1) is 8.27. The van der Waals surface area contributed by atoms with Gasteiger partial charge in [0.05, 0.1) is 5.02 Å². The monoisotopic (exact) mass is 253 g/mol. The first-order valence-corrected chi connectivity index (χ1v) is 6.75. The topological polar surface area (TPSA) is 42.2 Å². The molecule has 17 heavy (non-hydrogen) atoms. The Morgan fingerprint density at radius 1 is 1.53 bits per heavy atom. The molecular formula is C13H20ClN3. The zero-order valence-corrected chi connectivity index (χ0v) is 11.1. The van der Waals surface area contributed by atoms with Crippen LogP contribution in [0.15, 0.2) is 12.3 Å². The van der Waals surface area contributed by atoms with Crippen molar-refractivity contribution in [3.8, 4) is 0 Å². The van der Waals surface area contributed by atoms with Crippen LogP contribution in [0.2, 0.25) is 5.02 Å². The van der Waals surface area contributed by atoms with Gasteiger partial charge < -0.3 is 10.6 Å². The van der Waals surface area contributed by atoms with Crippen LogP contribution in [0.5, 0.6) is 0 Å². The van der Waals surface area contributed by atoms with Crippen LogP contribution in [0.3, 0.4) is 0 Å². The molecule has 0 bridgehead atoms. The van der Waals surface area contributed by atoms with Crippen LogP contribution < -0.4 is 10.6 Å². The van der Waals surface area contributed by atoms with Gasteiger partial charge in [0, 0.05) is 25.3 Å². The van der Waals surface area contributed by atoms with Crippen LogP contribution in [0.4, 0.5) is 5.82 Å². The van der Waals surface area contributed by atoms with Crippen LogP contribution in [0.25, 0.3) is 0 Å². The van der Waals surface area contributed by atoms with Crippen molar-refractivity contribution in [2.24, 2.45) is 5.73 Å². The predicted octanol–water partition coefficient (Wildman–Crippen LogP) is 2.96. The summed E-state index contributed by atoms with van der Waals surface area (Å²) in [5.41, 5.74) is 6.67. The molecule has 0 amide bonds. The third-order valence-corrected chi connectivity index (χ3v) is 3.59. The highest BCUT2D eigenvalue weighted by molar-refractivity contribution is 6.33. The molecule has 0 aliphatic heterocycles. The highest BCUT2D eigenvalue weighted by Gasteiger charge is 2.31. The largest absolute Gasteiger partial charge is 0.352 e. The molecule has 2 N–H and O–H groups in total. The van der Waals surface area contributed by atoms with Crippen molar-refractivity contribution < 1.29 is 0 Å². The zero-order valence-electron chi connectivity index (χ0n) is 10.3. The van der Waals surface area contributed by atoms with Gasteiger partial charge in [-0.2, -0.15) is 0 Å². The number of pyridine rings is 1. The Kier molecular flexibility index (Phi) is 4.24. The summed E-state index contributed by atoms with van der Waals surface area (Å²) in [6.45, 7) is 3.72. The molecule has 1 fully saturated rings. The van der Waals surface area contributed by atoms with Crippen molar-refractivity contribution in [1.82, 2.24) is 4.98 Å². The maximum absolute atomic E-state index is 6.37. The highest BCUT2D eigenvalue weighted by atomic mass is 35.5. The van der Waals surface area contributed by atoms with E-state index in [9.17, 15) is 0 Å². The Labute approximate surface area is 108 Å². The van der Waals surface area contributed by atoms with Gasteiger partial charge >= 0.3 is 0 Å². The lowest BCUT2D eigenvalue weighted by Gasteiger charge is -2.25. The van der Waals surface area contributed by atoms with E-state index in [0.717, 1.165) is 22.9 Å². The first kappa shape index (κ1) is 12.7. The molecule has 0 radical (unpaired) electrons. The molecule has 4 heteroatoms.